The van der Waals surface area contributed by atoms with Crippen molar-refractivity contribution in [3.05, 3.63) is 11.8 Å². The van der Waals surface area contributed by atoms with Gasteiger partial charge < -0.3 is 4.74 Å². The molecule has 11 heavy (non-hydrogen) atoms. The van der Waals surface area contributed by atoms with Gasteiger partial charge in [0.1, 0.15) is 0 Å². The average Bonchev–Trinajstić information content (AvgIpc) is 2.09. The van der Waals surface area contributed by atoms with E-state index < -0.39 is 6.61 Å². The Kier molecular flexibility index (Phi) is 2.07. The first kappa shape index (κ1) is 7.97. The van der Waals surface area contributed by atoms with E-state index in [1.54, 1.807) is 6.92 Å². The topological polar surface area (TPSA) is 27.1 Å². The summed E-state index contributed by atoms with van der Waals surface area (Å²) >= 11 is 0. The molecule has 0 atom stereocenters. The summed E-state index contributed by atoms with van der Waals surface area (Å²) in [7, 11) is 1.52. The summed E-state index contributed by atoms with van der Waals surface area (Å²) < 4.78 is 28.5. The van der Waals surface area contributed by atoms with Crippen molar-refractivity contribution in [3.8, 4) is 5.88 Å². The van der Waals surface area contributed by atoms with Crippen LogP contribution >= 0.6 is 0 Å². The van der Waals surface area contributed by atoms with E-state index in [-0.39, 0.29) is 5.88 Å². The Bertz CT molecular complexity index is 247. The van der Waals surface area contributed by atoms with Crippen LogP contribution in [-0.4, -0.2) is 16.4 Å². The van der Waals surface area contributed by atoms with Crippen molar-refractivity contribution >= 4 is 0 Å². The molecule has 3 nitrogen and oxygen atoms in total. The monoisotopic (exact) mass is 161 g/mol. The van der Waals surface area contributed by atoms with Gasteiger partial charge in [-0.1, -0.05) is 0 Å². The maximum atomic E-state index is 11.6. The molecule has 0 fully saturated rings. The van der Waals surface area contributed by atoms with Crippen LogP contribution in [0.3, 0.4) is 0 Å². The van der Waals surface area contributed by atoms with Crippen LogP contribution in [0, 0.1) is 13.0 Å². The lowest BCUT2D eigenvalue weighted by molar-refractivity contribution is -0.0554. The van der Waals surface area contributed by atoms with Crippen molar-refractivity contribution in [1.82, 2.24) is 9.78 Å². The van der Waals surface area contributed by atoms with Crippen LogP contribution in [0.25, 0.3) is 0 Å². The maximum Gasteiger partial charge on any atom is 0.388 e. The molecule has 1 heterocycles. The molecule has 61 valence electrons. The van der Waals surface area contributed by atoms with Crippen LogP contribution < -0.4 is 4.74 Å². The molecular weight excluding hydrogens is 154 g/mol. The molecule has 1 radical (unpaired) electrons. The Hall–Kier alpha value is -1.13. The van der Waals surface area contributed by atoms with Crippen molar-refractivity contribution in [1.29, 1.82) is 0 Å². The van der Waals surface area contributed by atoms with Crippen LogP contribution in [0.4, 0.5) is 8.78 Å². The molecule has 0 saturated heterocycles. The number of aromatic nitrogens is 2. The molecule has 1 rings (SSSR count). The summed E-state index contributed by atoms with van der Waals surface area (Å²) in [5.41, 5.74) is 0.531. The summed E-state index contributed by atoms with van der Waals surface area (Å²) in [5.74, 6) is -0.0440. The Balaban J connectivity index is 2.77. The normalized spacial score (nSPS) is 10.6. The highest BCUT2D eigenvalue weighted by molar-refractivity contribution is 5.11. The van der Waals surface area contributed by atoms with Crippen LogP contribution in [0.2, 0.25) is 0 Å². The molecule has 0 unspecified atom stereocenters. The number of nitrogens with zero attached hydrogens (tertiary/aromatic N) is 2. The van der Waals surface area contributed by atoms with Crippen molar-refractivity contribution < 1.29 is 13.5 Å². The summed E-state index contributed by atoms with van der Waals surface area (Å²) in [4.78, 5) is 0. The van der Waals surface area contributed by atoms with Gasteiger partial charge in [0.25, 0.3) is 0 Å². The maximum absolute atomic E-state index is 11.6. The van der Waals surface area contributed by atoms with E-state index in [0.717, 1.165) is 0 Å². The van der Waals surface area contributed by atoms with Gasteiger partial charge in [0.2, 0.25) is 5.88 Å². The second-order valence-electron chi connectivity index (χ2n) is 2.02. The molecule has 0 saturated carbocycles. The second-order valence-corrected chi connectivity index (χ2v) is 2.02. The lowest BCUT2D eigenvalue weighted by Crippen LogP contribution is -2.06. The lowest BCUT2D eigenvalue weighted by atomic mass is 10.5. The number of hydrogen-bond donors (Lipinski definition) is 0. The largest absolute Gasteiger partial charge is 0.417 e. The van der Waals surface area contributed by atoms with Gasteiger partial charge in [0.15, 0.2) is 0 Å². The molecular formula is C6H7F2N2O. The van der Waals surface area contributed by atoms with Crippen LogP contribution in [0.15, 0.2) is 0 Å². The SMILES string of the molecule is Cc1[c]c(OC(F)F)n(C)n1. The molecule has 0 bridgehead atoms. The first-order chi connectivity index (χ1) is 5.09. The molecule has 0 aliphatic carbocycles. The summed E-state index contributed by atoms with van der Waals surface area (Å²) in [6, 6.07) is 2.53. The fourth-order valence-electron chi connectivity index (χ4n) is 0.721. The van der Waals surface area contributed by atoms with Gasteiger partial charge >= 0.3 is 6.61 Å². The fraction of sp³-hybridized carbons (Fsp3) is 0.500. The minimum Gasteiger partial charge on any atom is -0.417 e. The molecule has 0 N–H and O–H groups in total. The predicted molar refractivity (Wildman–Crippen MR) is 33.4 cm³/mol. The first-order valence-corrected chi connectivity index (χ1v) is 2.97. The number of ether oxygens (including phenoxy) is 1. The molecule has 0 spiro atoms. The molecule has 0 aliphatic heterocycles. The quantitative estimate of drug-likeness (QED) is 0.650. The minimum atomic E-state index is -2.82. The standard InChI is InChI=1S/C6H7F2N2O/c1-4-3-5(10(2)9-4)11-6(7)8/h6H,1-2H3. The first-order valence-electron chi connectivity index (χ1n) is 2.97. The number of aryl methyl sites for hydroxylation is 2. The van der Waals surface area contributed by atoms with Gasteiger partial charge in [-0.3, -0.25) is 0 Å². The van der Waals surface area contributed by atoms with E-state index in [4.69, 9.17) is 0 Å². The van der Waals surface area contributed by atoms with Crippen molar-refractivity contribution in [2.45, 2.75) is 13.5 Å². The Morgan fingerprint density at radius 3 is 2.64 bits per heavy atom. The van der Waals surface area contributed by atoms with Crippen LogP contribution in [0.5, 0.6) is 5.88 Å². The molecule has 1 aromatic rings. The Labute approximate surface area is 62.6 Å². The highest BCUT2D eigenvalue weighted by Gasteiger charge is 2.09. The highest BCUT2D eigenvalue weighted by Crippen LogP contribution is 2.12. The molecule has 5 heteroatoms. The number of rotatable bonds is 2. The lowest BCUT2D eigenvalue weighted by Gasteiger charge is -2.01. The van der Waals surface area contributed by atoms with Gasteiger partial charge in [0.05, 0.1) is 11.8 Å². The minimum absolute atomic E-state index is 0.0440. The Morgan fingerprint density at radius 2 is 2.27 bits per heavy atom. The number of hydrogen-bond acceptors (Lipinski definition) is 2. The smallest absolute Gasteiger partial charge is 0.388 e. The Morgan fingerprint density at radius 1 is 1.64 bits per heavy atom. The number of alkyl halides is 2. The summed E-state index contributed by atoms with van der Waals surface area (Å²) in [6.07, 6.45) is 0. The molecule has 1 aromatic heterocycles. The van der Waals surface area contributed by atoms with Crippen molar-refractivity contribution in [2.75, 3.05) is 0 Å². The second kappa shape index (κ2) is 2.86. The third-order valence-corrected chi connectivity index (χ3v) is 1.08. The predicted octanol–water partition coefficient (Wildman–Crippen LogP) is 1.13. The third-order valence-electron chi connectivity index (χ3n) is 1.08. The van der Waals surface area contributed by atoms with E-state index >= 15 is 0 Å². The molecule has 0 aliphatic rings. The molecule has 0 amide bonds. The van der Waals surface area contributed by atoms with Gasteiger partial charge in [0, 0.05) is 7.05 Å². The van der Waals surface area contributed by atoms with Crippen LogP contribution in [-0.2, 0) is 7.05 Å². The van der Waals surface area contributed by atoms with Crippen molar-refractivity contribution in [3.63, 3.8) is 0 Å². The molecule has 0 aromatic carbocycles. The zero-order valence-electron chi connectivity index (χ0n) is 6.14. The summed E-state index contributed by atoms with van der Waals surface area (Å²) in [5, 5.41) is 3.77. The average molecular weight is 161 g/mol. The summed E-state index contributed by atoms with van der Waals surface area (Å²) in [6.45, 7) is -1.17. The van der Waals surface area contributed by atoms with E-state index in [0.29, 0.717) is 5.69 Å². The zero-order chi connectivity index (χ0) is 8.43. The van der Waals surface area contributed by atoms with Gasteiger partial charge in [-0.25, -0.2) is 4.68 Å². The van der Waals surface area contributed by atoms with Gasteiger partial charge in [-0.2, -0.15) is 13.9 Å². The third kappa shape index (κ3) is 1.89. The highest BCUT2D eigenvalue weighted by atomic mass is 19.3. The zero-order valence-corrected chi connectivity index (χ0v) is 6.14. The van der Waals surface area contributed by atoms with E-state index in [9.17, 15) is 8.78 Å². The fourth-order valence-corrected chi connectivity index (χ4v) is 0.721. The van der Waals surface area contributed by atoms with Crippen LogP contribution in [0.1, 0.15) is 5.69 Å². The van der Waals surface area contributed by atoms with E-state index in [1.807, 2.05) is 0 Å². The van der Waals surface area contributed by atoms with E-state index in [2.05, 4.69) is 15.9 Å². The van der Waals surface area contributed by atoms with E-state index in [1.165, 1.54) is 11.7 Å². The van der Waals surface area contributed by atoms with Gasteiger partial charge in [-0.15, -0.1) is 0 Å². The van der Waals surface area contributed by atoms with Crippen molar-refractivity contribution in [2.24, 2.45) is 7.05 Å². The van der Waals surface area contributed by atoms with Gasteiger partial charge in [-0.05, 0) is 6.92 Å². The number of halogens is 2.